The summed E-state index contributed by atoms with van der Waals surface area (Å²) in [7, 11) is -3.54. The van der Waals surface area contributed by atoms with Crippen molar-refractivity contribution >= 4 is 15.7 Å². The van der Waals surface area contributed by atoms with Crippen molar-refractivity contribution in [1.29, 1.82) is 0 Å². The number of nitrogens with two attached hydrogens (primary N) is 1. The summed E-state index contributed by atoms with van der Waals surface area (Å²) in [4.78, 5) is 2.59. The highest BCUT2D eigenvalue weighted by Gasteiger charge is 2.36. The Labute approximate surface area is 126 Å². The molecule has 5 nitrogen and oxygen atoms in total. The summed E-state index contributed by atoms with van der Waals surface area (Å²) in [5.41, 5.74) is 8.18. The van der Waals surface area contributed by atoms with E-state index in [1.165, 1.54) is 12.8 Å². The van der Waals surface area contributed by atoms with Crippen molar-refractivity contribution in [3.63, 3.8) is 0 Å². The number of rotatable bonds is 4. The summed E-state index contributed by atoms with van der Waals surface area (Å²) >= 11 is 0. The van der Waals surface area contributed by atoms with Gasteiger partial charge in [0, 0.05) is 25.2 Å². The van der Waals surface area contributed by atoms with E-state index in [1.807, 2.05) is 13.8 Å². The van der Waals surface area contributed by atoms with E-state index in [1.54, 1.807) is 12.1 Å². The van der Waals surface area contributed by atoms with Gasteiger partial charge in [0.2, 0.25) is 10.0 Å². The summed E-state index contributed by atoms with van der Waals surface area (Å²) in [6, 6.07) is 4.08. The number of benzene rings is 1. The van der Waals surface area contributed by atoms with Gasteiger partial charge in [-0.1, -0.05) is 0 Å². The zero-order chi connectivity index (χ0) is 15.2. The SMILES string of the molecule is Cc1cc(N)c(S(=O)(=O)NC2CCN(C3CC3)C2)cc1C. The fourth-order valence-electron chi connectivity index (χ4n) is 2.98. The Morgan fingerprint density at radius 1 is 1.19 bits per heavy atom. The molecule has 1 aromatic rings. The maximum absolute atomic E-state index is 12.6. The summed E-state index contributed by atoms with van der Waals surface area (Å²) < 4.78 is 27.9. The lowest BCUT2D eigenvalue weighted by Gasteiger charge is -2.17. The molecule has 1 unspecified atom stereocenters. The predicted octanol–water partition coefficient (Wildman–Crippen LogP) is 1.40. The van der Waals surface area contributed by atoms with Crippen LogP contribution >= 0.6 is 0 Å². The number of anilines is 1. The summed E-state index contributed by atoms with van der Waals surface area (Å²) in [6.07, 6.45) is 3.38. The second kappa shape index (κ2) is 5.26. The van der Waals surface area contributed by atoms with E-state index in [0.717, 1.165) is 30.6 Å². The van der Waals surface area contributed by atoms with Crippen LogP contribution in [-0.2, 0) is 10.0 Å². The van der Waals surface area contributed by atoms with Gasteiger partial charge in [0.15, 0.2) is 0 Å². The van der Waals surface area contributed by atoms with E-state index in [4.69, 9.17) is 5.73 Å². The van der Waals surface area contributed by atoms with E-state index in [-0.39, 0.29) is 10.9 Å². The van der Waals surface area contributed by atoms with Crippen LogP contribution in [0, 0.1) is 13.8 Å². The van der Waals surface area contributed by atoms with Crippen LogP contribution in [0.25, 0.3) is 0 Å². The highest BCUT2D eigenvalue weighted by atomic mass is 32.2. The molecule has 1 heterocycles. The van der Waals surface area contributed by atoms with E-state index < -0.39 is 10.0 Å². The Bertz CT molecular complexity index is 653. The molecule has 0 aromatic heterocycles. The molecule has 0 radical (unpaired) electrons. The van der Waals surface area contributed by atoms with Gasteiger partial charge in [-0.25, -0.2) is 13.1 Å². The molecule has 1 atom stereocenters. The molecule has 0 bridgehead atoms. The number of sulfonamides is 1. The molecule has 0 amide bonds. The van der Waals surface area contributed by atoms with Crippen molar-refractivity contribution in [2.45, 2.75) is 50.1 Å². The molecule has 6 heteroatoms. The number of nitrogens with one attached hydrogen (secondary N) is 1. The summed E-state index contributed by atoms with van der Waals surface area (Å²) in [5, 5.41) is 0. The Morgan fingerprint density at radius 3 is 2.52 bits per heavy atom. The largest absolute Gasteiger partial charge is 0.398 e. The monoisotopic (exact) mass is 309 g/mol. The van der Waals surface area contributed by atoms with Gasteiger partial charge in [-0.3, -0.25) is 4.90 Å². The second-order valence-corrected chi connectivity index (χ2v) is 7.99. The van der Waals surface area contributed by atoms with Crippen LogP contribution in [0.3, 0.4) is 0 Å². The quantitative estimate of drug-likeness (QED) is 0.824. The van der Waals surface area contributed by atoms with E-state index in [9.17, 15) is 8.42 Å². The van der Waals surface area contributed by atoms with Crippen LogP contribution in [0.2, 0.25) is 0 Å². The minimum atomic E-state index is -3.54. The number of likely N-dealkylation sites (tertiary alicyclic amines) is 1. The number of nitrogen functional groups attached to an aromatic ring is 1. The van der Waals surface area contributed by atoms with Gasteiger partial charge in [-0.05, 0) is 56.4 Å². The Morgan fingerprint density at radius 2 is 1.86 bits per heavy atom. The molecule has 3 N–H and O–H groups in total. The first-order valence-electron chi connectivity index (χ1n) is 7.50. The number of hydrogen-bond acceptors (Lipinski definition) is 4. The number of nitrogens with zero attached hydrogens (tertiary/aromatic N) is 1. The van der Waals surface area contributed by atoms with Crippen LogP contribution in [0.5, 0.6) is 0 Å². The Balaban J connectivity index is 1.76. The maximum atomic E-state index is 12.6. The third-order valence-corrected chi connectivity index (χ3v) is 6.10. The molecule has 2 aliphatic rings. The molecule has 2 fully saturated rings. The highest BCUT2D eigenvalue weighted by Crippen LogP contribution is 2.30. The number of hydrogen-bond donors (Lipinski definition) is 2. The Kier molecular flexibility index (Phi) is 3.71. The third-order valence-electron chi connectivity index (χ3n) is 4.52. The van der Waals surface area contributed by atoms with E-state index in [0.29, 0.717) is 11.7 Å². The minimum Gasteiger partial charge on any atom is -0.398 e. The van der Waals surface area contributed by atoms with Gasteiger partial charge in [0.25, 0.3) is 0 Å². The van der Waals surface area contributed by atoms with E-state index >= 15 is 0 Å². The molecule has 1 aliphatic heterocycles. The van der Waals surface area contributed by atoms with Crippen molar-refractivity contribution in [2.75, 3.05) is 18.8 Å². The van der Waals surface area contributed by atoms with Crippen LogP contribution in [0.1, 0.15) is 30.4 Å². The van der Waals surface area contributed by atoms with Crippen LogP contribution in [0.4, 0.5) is 5.69 Å². The van der Waals surface area contributed by atoms with Crippen molar-refractivity contribution < 1.29 is 8.42 Å². The molecule has 1 saturated heterocycles. The van der Waals surface area contributed by atoms with Crippen LogP contribution < -0.4 is 10.5 Å². The fourth-order valence-corrected chi connectivity index (χ4v) is 4.44. The highest BCUT2D eigenvalue weighted by molar-refractivity contribution is 7.89. The first-order valence-corrected chi connectivity index (χ1v) is 8.98. The molecule has 3 rings (SSSR count). The third kappa shape index (κ3) is 3.07. The summed E-state index contributed by atoms with van der Waals surface area (Å²) in [6.45, 7) is 5.63. The molecule has 1 saturated carbocycles. The summed E-state index contributed by atoms with van der Waals surface area (Å²) in [5.74, 6) is 0. The van der Waals surface area contributed by atoms with Crippen molar-refractivity contribution in [3.05, 3.63) is 23.3 Å². The van der Waals surface area contributed by atoms with Crippen LogP contribution in [-0.4, -0.2) is 38.5 Å². The van der Waals surface area contributed by atoms with Crippen molar-refractivity contribution in [1.82, 2.24) is 9.62 Å². The topological polar surface area (TPSA) is 75.4 Å². The molecule has 1 aromatic carbocycles. The minimum absolute atomic E-state index is 0.00314. The molecule has 116 valence electrons. The normalized spacial score (nSPS) is 23.6. The molecule has 0 spiro atoms. The molecular weight excluding hydrogens is 286 g/mol. The molecular formula is C15H23N3O2S. The van der Waals surface area contributed by atoms with Gasteiger partial charge in [-0.2, -0.15) is 0 Å². The van der Waals surface area contributed by atoms with E-state index in [2.05, 4.69) is 9.62 Å². The predicted molar refractivity (Wildman–Crippen MR) is 83.6 cm³/mol. The van der Waals surface area contributed by atoms with Gasteiger partial charge >= 0.3 is 0 Å². The van der Waals surface area contributed by atoms with Crippen molar-refractivity contribution in [3.8, 4) is 0 Å². The second-order valence-electron chi connectivity index (χ2n) is 6.31. The standard InChI is InChI=1S/C15H23N3O2S/c1-10-7-14(16)15(8-11(10)2)21(19,20)17-12-5-6-18(9-12)13-3-4-13/h7-8,12-13,17H,3-6,9,16H2,1-2H3. The lowest BCUT2D eigenvalue weighted by molar-refractivity contribution is 0.322. The lowest BCUT2D eigenvalue weighted by Crippen LogP contribution is -2.37. The number of aryl methyl sites for hydroxylation is 2. The van der Waals surface area contributed by atoms with Gasteiger partial charge in [-0.15, -0.1) is 0 Å². The fraction of sp³-hybridized carbons (Fsp3) is 0.600. The molecule has 21 heavy (non-hydrogen) atoms. The lowest BCUT2D eigenvalue weighted by atomic mass is 10.1. The first-order chi connectivity index (χ1) is 9.87. The van der Waals surface area contributed by atoms with Gasteiger partial charge in [0.1, 0.15) is 4.90 Å². The zero-order valence-corrected chi connectivity index (χ0v) is 13.4. The van der Waals surface area contributed by atoms with Crippen molar-refractivity contribution in [2.24, 2.45) is 0 Å². The Hall–Kier alpha value is -1.11. The zero-order valence-electron chi connectivity index (χ0n) is 12.6. The first kappa shape index (κ1) is 14.8. The van der Waals surface area contributed by atoms with Gasteiger partial charge in [0.05, 0.1) is 5.69 Å². The average molecular weight is 309 g/mol. The smallest absolute Gasteiger partial charge is 0.242 e. The maximum Gasteiger partial charge on any atom is 0.242 e. The molecule has 1 aliphatic carbocycles. The van der Waals surface area contributed by atoms with Gasteiger partial charge < -0.3 is 5.73 Å². The average Bonchev–Trinajstić information content (AvgIpc) is 3.15. The van der Waals surface area contributed by atoms with Crippen LogP contribution in [0.15, 0.2) is 17.0 Å².